The molecule has 1 fully saturated rings. The lowest BCUT2D eigenvalue weighted by molar-refractivity contribution is -0.160. The molecule has 0 unspecified atom stereocenters. The fourth-order valence-corrected chi connectivity index (χ4v) is 10.2. The van der Waals surface area contributed by atoms with E-state index >= 15 is 4.79 Å². The normalized spacial score (nSPS) is 15.4. The molecule has 2 heterocycles. The Morgan fingerprint density at radius 1 is 0.681 bits per heavy atom. The van der Waals surface area contributed by atoms with Gasteiger partial charge in [0, 0.05) is 24.1 Å². The summed E-state index contributed by atoms with van der Waals surface area (Å²) in [6, 6.07) is 56.4. The van der Waals surface area contributed by atoms with Gasteiger partial charge >= 0.3 is 12.1 Å². The van der Waals surface area contributed by atoms with Gasteiger partial charge in [0.1, 0.15) is 35.6 Å². The Morgan fingerprint density at radius 2 is 1.19 bits per heavy atom. The number of nitrogens with zero attached hydrogens (tertiary/aromatic N) is 3. The van der Waals surface area contributed by atoms with Gasteiger partial charge in [0.05, 0.1) is 12.4 Å². The van der Waals surface area contributed by atoms with Crippen LogP contribution in [0.3, 0.4) is 0 Å². The van der Waals surface area contributed by atoms with Crippen LogP contribution >= 0.6 is 11.8 Å². The van der Waals surface area contributed by atoms with Crippen LogP contribution in [-0.4, -0.2) is 68.2 Å². The molecule has 0 bridgehead atoms. The summed E-state index contributed by atoms with van der Waals surface area (Å²) in [4.78, 5) is 77.5. The first-order chi connectivity index (χ1) is 33.6. The molecular weight excluding hydrogens is 887 g/mol. The second kappa shape index (κ2) is 22.4. The van der Waals surface area contributed by atoms with Gasteiger partial charge in [-0.25, -0.2) is 14.6 Å². The molecule has 350 valence electrons. The molecule has 7 aromatic rings. The van der Waals surface area contributed by atoms with Crippen molar-refractivity contribution in [1.29, 1.82) is 0 Å². The van der Waals surface area contributed by atoms with Gasteiger partial charge in [-0.3, -0.25) is 14.4 Å². The maximum absolute atomic E-state index is 15.8. The summed E-state index contributed by atoms with van der Waals surface area (Å²) in [5.41, 5.74) is 4.59. The van der Waals surface area contributed by atoms with Crippen molar-refractivity contribution in [1.82, 2.24) is 25.1 Å². The lowest BCUT2D eigenvalue weighted by Crippen LogP contribution is -2.57. The average molecular weight is 940 g/mol. The second-order valence-electron chi connectivity index (χ2n) is 17.0. The summed E-state index contributed by atoms with van der Waals surface area (Å²) in [5.74, 6) is -4.63. The van der Waals surface area contributed by atoms with Crippen molar-refractivity contribution in [3.63, 3.8) is 0 Å². The van der Waals surface area contributed by atoms with E-state index in [0.717, 1.165) is 27.8 Å². The quantitative estimate of drug-likeness (QED) is 0.0373. The molecule has 0 spiro atoms. The monoisotopic (exact) mass is 939 g/mol. The minimum absolute atomic E-state index is 0.0500. The van der Waals surface area contributed by atoms with Crippen molar-refractivity contribution >= 4 is 41.4 Å². The number of alkyl carbamates (subject to hydrolysis) is 1. The fourth-order valence-electron chi connectivity index (χ4n) is 8.82. The van der Waals surface area contributed by atoms with Gasteiger partial charge in [-0.2, -0.15) is 0 Å². The SMILES string of the molecule is CC(C)OC(=O)C(=O)[C@H](Cc1ccccc1)C(=O)N[C@H]1CS[C@H](c2ccccc2)N1C(=O)[C@H](Cc1cncn1C(c1ccccc1)(c1ccccc1)c1ccccc1)NC(=O)OCc1ccccc1. The molecule has 1 saturated heterocycles. The zero-order valence-electron chi connectivity index (χ0n) is 38.3. The van der Waals surface area contributed by atoms with Crippen LogP contribution in [0.25, 0.3) is 0 Å². The summed E-state index contributed by atoms with van der Waals surface area (Å²) in [5, 5.41) is 5.28. The molecule has 1 aliphatic rings. The number of benzene rings is 6. The summed E-state index contributed by atoms with van der Waals surface area (Å²) < 4.78 is 13.1. The molecule has 8 rings (SSSR count). The molecule has 3 amide bonds. The molecule has 13 heteroatoms. The summed E-state index contributed by atoms with van der Waals surface area (Å²) in [6.07, 6.45) is 0.890. The number of aromatic nitrogens is 2. The molecule has 2 N–H and O–H groups in total. The smallest absolute Gasteiger partial charge is 0.408 e. The Labute approximate surface area is 406 Å². The first kappa shape index (κ1) is 47.7. The molecule has 1 aromatic heterocycles. The lowest BCUT2D eigenvalue weighted by atomic mass is 9.76. The van der Waals surface area contributed by atoms with E-state index in [4.69, 9.17) is 14.5 Å². The molecule has 1 aliphatic heterocycles. The van der Waals surface area contributed by atoms with Crippen molar-refractivity contribution in [3.8, 4) is 0 Å². The average Bonchev–Trinajstić information content (AvgIpc) is 4.03. The van der Waals surface area contributed by atoms with E-state index in [1.54, 1.807) is 55.5 Å². The van der Waals surface area contributed by atoms with Crippen LogP contribution in [0.1, 0.15) is 58.3 Å². The van der Waals surface area contributed by atoms with Gasteiger partial charge in [-0.15, -0.1) is 11.8 Å². The maximum Gasteiger partial charge on any atom is 0.408 e. The van der Waals surface area contributed by atoms with E-state index in [1.165, 1.54) is 11.8 Å². The third kappa shape index (κ3) is 11.0. The van der Waals surface area contributed by atoms with E-state index < -0.39 is 64.8 Å². The molecular formula is C56H53N5O7S. The zero-order valence-corrected chi connectivity index (χ0v) is 39.1. The number of imidazole rings is 1. The third-order valence-corrected chi connectivity index (χ3v) is 13.3. The van der Waals surface area contributed by atoms with Crippen LogP contribution < -0.4 is 10.6 Å². The molecule has 6 aromatic carbocycles. The highest BCUT2D eigenvalue weighted by Gasteiger charge is 2.46. The summed E-state index contributed by atoms with van der Waals surface area (Å²) in [7, 11) is 0. The highest BCUT2D eigenvalue weighted by molar-refractivity contribution is 7.99. The number of hydrogen-bond donors (Lipinski definition) is 2. The number of rotatable bonds is 18. The Hall–Kier alpha value is -7.77. The molecule has 69 heavy (non-hydrogen) atoms. The van der Waals surface area contributed by atoms with Crippen LogP contribution in [-0.2, 0) is 53.6 Å². The minimum Gasteiger partial charge on any atom is -0.457 e. The summed E-state index contributed by atoms with van der Waals surface area (Å²) in [6.45, 7) is 3.20. The molecule has 0 saturated carbocycles. The molecule has 0 radical (unpaired) electrons. The van der Waals surface area contributed by atoms with Gasteiger partial charge in [-0.1, -0.05) is 182 Å². The fraction of sp³-hybridized carbons (Fsp3) is 0.214. The third-order valence-electron chi connectivity index (χ3n) is 12.0. The van der Waals surface area contributed by atoms with Crippen molar-refractivity contribution in [2.75, 3.05) is 5.75 Å². The minimum atomic E-state index is -1.46. The Morgan fingerprint density at radius 3 is 1.72 bits per heavy atom. The van der Waals surface area contributed by atoms with Crippen LogP contribution in [0, 0.1) is 5.92 Å². The van der Waals surface area contributed by atoms with Gasteiger partial charge in [0.15, 0.2) is 0 Å². The number of ether oxygens (including phenoxy) is 2. The van der Waals surface area contributed by atoms with Gasteiger partial charge in [-0.05, 0) is 53.6 Å². The Balaban J connectivity index is 1.20. The number of hydrogen-bond acceptors (Lipinski definition) is 9. The number of ketones is 1. The number of amides is 3. The number of carbonyl (C=O) groups is 5. The van der Waals surface area contributed by atoms with Gasteiger partial charge < -0.3 is 29.6 Å². The zero-order chi connectivity index (χ0) is 48.2. The second-order valence-corrected chi connectivity index (χ2v) is 18.1. The first-order valence-electron chi connectivity index (χ1n) is 22.9. The number of Topliss-reactive ketones (excluding diaryl/α,β-unsaturated/α-hetero) is 1. The van der Waals surface area contributed by atoms with E-state index in [1.807, 2.05) is 126 Å². The maximum atomic E-state index is 15.8. The highest BCUT2D eigenvalue weighted by Crippen LogP contribution is 2.43. The first-order valence-corrected chi connectivity index (χ1v) is 23.9. The van der Waals surface area contributed by atoms with Gasteiger partial charge in [0.25, 0.3) is 5.78 Å². The number of nitrogens with one attached hydrogen (secondary N) is 2. The van der Waals surface area contributed by atoms with Crippen LogP contribution in [0.15, 0.2) is 195 Å². The highest BCUT2D eigenvalue weighted by atomic mass is 32.2. The Bertz CT molecular complexity index is 2720. The lowest BCUT2D eigenvalue weighted by Gasteiger charge is -2.39. The Kier molecular flexibility index (Phi) is 15.5. The van der Waals surface area contributed by atoms with Crippen LogP contribution in [0.4, 0.5) is 4.79 Å². The number of esters is 1. The van der Waals surface area contributed by atoms with Crippen molar-refractivity contribution in [2.24, 2.45) is 5.92 Å². The van der Waals surface area contributed by atoms with E-state index in [0.29, 0.717) is 11.3 Å². The molecule has 0 aliphatic carbocycles. The number of thioether (sulfide) groups is 1. The molecule has 4 atom stereocenters. The standard InChI is InChI=1S/C56H53N5O7S/c1-39(2)68-54(65)50(62)47(33-40-21-9-3-10-22-40)51(63)59-49-37-69-53(42-25-13-5-14-26-42)61(49)52(64)48(58-55(66)67-36-41-23-11-4-12-24-41)34-46-35-57-38-60(46)56(43-27-15-6-16-28-43,44-29-17-7-18-30-44)45-31-19-8-20-32-45/h3-32,35,38-39,47-49,53H,33-34,36-37H2,1-2H3,(H,58,66)(H,59,63)/t47-,48-,49+,53+/m0/s1. The predicted molar refractivity (Wildman–Crippen MR) is 264 cm³/mol. The van der Waals surface area contributed by atoms with Crippen LogP contribution in [0.5, 0.6) is 0 Å². The topological polar surface area (TPSA) is 149 Å². The van der Waals surface area contributed by atoms with Crippen molar-refractivity contribution < 1.29 is 33.4 Å². The van der Waals surface area contributed by atoms with Crippen LogP contribution in [0.2, 0.25) is 0 Å². The largest absolute Gasteiger partial charge is 0.457 e. The predicted octanol–water partition coefficient (Wildman–Crippen LogP) is 8.66. The number of carbonyl (C=O) groups excluding carboxylic acids is 5. The van der Waals surface area contributed by atoms with Gasteiger partial charge in [0.2, 0.25) is 11.8 Å². The van der Waals surface area contributed by atoms with Crippen molar-refractivity contribution in [2.45, 2.75) is 62.5 Å². The van der Waals surface area contributed by atoms with Crippen molar-refractivity contribution in [3.05, 3.63) is 234 Å². The molecule has 12 nitrogen and oxygen atoms in total. The van der Waals surface area contributed by atoms with E-state index in [9.17, 15) is 19.2 Å². The van der Waals surface area contributed by atoms with E-state index in [2.05, 4.69) is 47.0 Å². The summed E-state index contributed by atoms with van der Waals surface area (Å²) >= 11 is 1.42. The van der Waals surface area contributed by atoms with E-state index in [-0.39, 0.29) is 25.2 Å².